The van der Waals surface area contributed by atoms with E-state index in [2.05, 4.69) is 205 Å². The van der Waals surface area contributed by atoms with E-state index in [1.54, 1.807) is 0 Å². The Morgan fingerprint density at radius 1 is 0.585 bits per heavy atom. The molecule has 1 aromatic heterocycles. The van der Waals surface area contributed by atoms with Gasteiger partial charge in [-0.2, -0.15) is 0 Å². The molecule has 2 nitrogen and oxygen atoms in total. The van der Waals surface area contributed by atoms with Gasteiger partial charge in [-0.1, -0.05) is 128 Å². The molecule has 0 atom stereocenters. The van der Waals surface area contributed by atoms with Gasteiger partial charge in [0.15, 0.2) is 0 Å². The van der Waals surface area contributed by atoms with Crippen LogP contribution in [0.15, 0.2) is 140 Å². The monoisotopic (exact) mass is 706 g/mol. The second-order valence-electron chi connectivity index (χ2n) is 17.5. The smallest absolute Gasteiger partial charge is 0.259 e. The van der Waals surface area contributed by atoms with E-state index in [1.807, 2.05) is 11.3 Å². The Labute approximate surface area is 319 Å². The van der Waals surface area contributed by atoms with E-state index in [-0.39, 0.29) is 23.0 Å². The first-order valence-corrected chi connectivity index (χ1v) is 19.8. The van der Waals surface area contributed by atoms with Crippen molar-refractivity contribution in [2.24, 2.45) is 0 Å². The van der Waals surface area contributed by atoms with E-state index in [9.17, 15) is 0 Å². The molecule has 0 saturated carbocycles. The van der Waals surface area contributed by atoms with Crippen LogP contribution in [0.25, 0.3) is 10.1 Å². The van der Waals surface area contributed by atoms with Crippen molar-refractivity contribution in [3.05, 3.63) is 162 Å². The Balaban J connectivity index is 1.38. The van der Waals surface area contributed by atoms with Crippen LogP contribution in [0.1, 0.15) is 77.6 Å². The number of rotatable bonds is 4. The first-order chi connectivity index (χ1) is 25.3. The summed E-state index contributed by atoms with van der Waals surface area (Å²) in [4.78, 5) is 4.98. The number of thiophene rings is 1. The lowest BCUT2D eigenvalue weighted by Gasteiger charge is -2.45. The Morgan fingerprint density at radius 3 is 1.79 bits per heavy atom. The fraction of sp³-hybridized carbons (Fsp3) is 0.224. The van der Waals surface area contributed by atoms with E-state index in [1.165, 1.54) is 65.1 Å². The summed E-state index contributed by atoms with van der Waals surface area (Å²) in [6, 6.07) is 52.3. The molecule has 0 bridgehead atoms. The van der Waals surface area contributed by atoms with Gasteiger partial charge in [0.05, 0.1) is 0 Å². The molecule has 0 saturated heterocycles. The molecule has 0 aliphatic carbocycles. The highest BCUT2D eigenvalue weighted by molar-refractivity contribution is 7.32. The molecule has 262 valence electrons. The van der Waals surface area contributed by atoms with Gasteiger partial charge in [-0.3, -0.25) is 0 Å². The minimum Gasteiger partial charge on any atom is -0.311 e. The molecule has 0 radical (unpaired) electrons. The van der Waals surface area contributed by atoms with E-state index < -0.39 is 0 Å². The van der Waals surface area contributed by atoms with Gasteiger partial charge in [0.2, 0.25) is 0 Å². The second kappa shape index (κ2) is 12.0. The quantitative estimate of drug-likeness (QED) is 0.168. The van der Waals surface area contributed by atoms with Gasteiger partial charge in [-0.25, -0.2) is 0 Å². The van der Waals surface area contributed by atoms with Gasteiger partial charge in [0, 0.05) is 44.2 Å². The molecule has 2 aliphatic heterocycles. The fourth-order valence-electron chi connectivity index (χ4n) is 8.81. The largest absolute Gasteiger partial charge is 0.311 e. The molecule has 7 aromatic rings. The van der Waals surface area contributed by atoms with Crippen molar-refractivity contribution in [1.82, 2.24) is 0 Å². The third kappa shape index (κ3) is 5.37. The van der Waals surface area contributed by atoms with Gasteiger partial charge in [-0.05, 0) is 121 Å². The third-order valence-corrected chi connectivity index (χ3v) is 12.8. The number of benzene rings is 6. The first-order valence-electron chi connectivity index (χ1n) is 19.0. The standard InChI is InChI=1S/C49H47BN2S/c1-47(2,3)32-23-26-36(27-24-32)52-41-22-16-15-21-40(41)50-45-39(49(7,8)44-38-29-33(48(4,5)6)25-28-43(38)53-46(44)50)30-37(31-42(45)52)51(34-17-11-9-12-18-34)35-19-13-10-14-20-35/h9-31H,1-8H3. The summed E-state index contributed by atoms with van der Waals surface area (Å²) in [7, 11) is 0. The minimum atomic E-state index is -0.256. The van der Waals surface area contributed by atoms with Crippen LogP contribution in [0.2, 0.25) is 0 Å². The maximum absolute atomic E-state index is 2.54. The minimum absolute atomic E-state index is 0.0619. The second-order valence-corrected chi connectivity index (χ2v) is 18.6. The maximum atomic E-state index is 2.54. The average molecular weight is 707 g/mol. The SMILES string of the molecule is CC(C)(C)c1ccc(N2c3ccccc3B3c4sc5ccc(C(C)(C)C)cc5c4C(C)(C)c4cc(N(c5ccccc5)c5ccccc5)cc2c43)cc1. The van der Waals surface area contributed by atoms with Crippen LogP contribution in [0.4, 0.5) is 34.1 Å². The lowest BCUT2D eigenvalue weighted by molar-refractivity contribution is 0.590. The number of fused-ring (bicyclic) bond motifs is 6. The molecule has 6 aromatic carbocycles. The number of para-hydroxylation sites is 3. The number of hydrogen-bond acceptors (Lipinski definition) is 3. The highest BCUT2D eigenvalue weighted by Gasteiger charge is 2.48. The van der Waals surface area contributed by atoms with Gasteiger partial charge in [-0.15, -0.1) is 11.3 Å². The lowest BCUT2D eigenvalue weighted by atomic mass is 9.32. The van der Waals surface area contributed by atoms with Crippen LogP contribution in [0.5, 0.6) is 0 Å². The normalized spacial score (nSPS) is 14.5. The molecule has 2 aliphatic rings. The van der Waals surface area contributed by atoms with E-state index in [0.29, 0.717) is 0 Å². The van der Waals surface area contributed by atoms with Crippen molar-refractivity contribution in [3.8, 4) is 0 Å². The molecule has 53 heavy (non-hydrogen) atoms. The summed E-state index contributed by atoms with van der Waals surface area (Å²) < 4.78 is 2.86. The molecule has 0 spiro atoms. The zero-order valence-electron chi connectivity index (χ0n) is 32.2. The van der Waals surface area contributed by atoms with E-state index in [0.717, 1.165) is 17.1 Å². The number of hydrogen-bond donors (Lipinski definition) is 0. The third-order valence-electron chi connectivity index (χ3n) is 11.6. The molecule has 0 N–H and O–H groups in total. The molecule has 0 fully saturated rings. The fourth-order valence-corrected chi connectivity index (χ4v) is 10.3. The van der Waals surface area contributed by atoms with Gasteiger partial charge < -0.3 is 9.80 Å². The van der Waals surface area contributed by atoms with Crippen LogP contribution in [-0.4, -0.2) is 6.71 Å². The van der Waals surface area contributed by atoms with Gasteiger partial charge in [0.25, 0.3) is 6.71 Å². The van der Waals surface area contributed by atoms with Crippen molar-refractivity contribution >= 4 is 78.0 Å². The average Bonchev–Trinajstić information content (AvgIpc) is 3.54. The topological polar surface area (TPSA) is 6.48 Å². The number of nitrogens with zero attached hydrogens (tertiary/aromatic N) is 2. The van der Waals surface area contributed by atoms with Crippen LogP contribution in [-0.2, 0) is 16.2 Å². The molecular formula is C49H47BN2S. The van der Waals surface area contributed by atoms with Gasteiger partial charge in [0.1, 0.15) is 0 Å². The van der Waals surface area contributed by atoms with Crippen LogP contribution >= 0.6 is 11.3 Å². The highest BCUT2D eigenvalue weighted by atomic mass is 32.1. The van der Waals surface area contributed by atoms with Crippen molar-refractivity contribution in [2.75, 3.05) is 9.80 Å². The van der Waals surface area contributed by atoms with Crippen molar-refractivity contribution in [2.45, 2.75) is 71.6 Å². The molecule has 9 rings (SSSR count). The summed E-state index contributed by atoms with van der Waals surface area (Å²) in [6.07, 6.45) is 0. The molecule has 4 heteroatoms. The lowest BCUT2D eigenvalue weighted by Crippen LogP contribution is -2.63. The number of anilines is 6. The Kier molecular flexibility index (Phi) is 7.63. The van der Waals surface area contributed by atoms with Crippen LogP contribution in [0.3, 0.4) is 0 Å². The molecular weight excluding hydrogens is 659 g/mol. The predicted octanol–water partition coefficient (Wildman–Crippen LogP) is 11.9. The molecule has 0 unspecified atom stereocenters. The zero-order chi connectivity index (χ0) is 36.9. The first kappa shape index (κ1) is 33.8. The Bertz CT molecular complexity index is 2460. The maximum Gasteiger partial charge on any atom is 0.259 e. The van der Waals surface area contributed by atoms with Crippen molar-refractivity contribution in [3.63, 3.8) is 0 Å². The van der Waals surface area contributed by atoms with Crippen LogP contribution in [0, 0.1) is 0 Å². The summed E-state index contributed by atoms with van der Waals surface area (Å²) >= 11 is 2.00. The summed E-state index contributed by atoms with van der Waals surface area (Å²) in [6.45, 7) is 18.9. The molecule has 0 amide bonds. The van der Waals surface area contributed by atoms with Gasteiger partial charge >= 0.3 is 0 Å². The molecule has 3 heterocycles. The predicted molar refractivity (Wildman–Crippen MR) is 232 cm³/mol. The van der Waals surface area contributed by atoms with E-state index in [4.69, 9.17) is 0 Å². The zero-order valence-corrected chi connectivity index (χ0v) is 33.0. The summed E-state index contributed by atoms with van der Waals surface area (Å²) in [5, 5.41) is 1.40. The summed E-state index contributed by atoms with van der Waals surface area (Å²) in [5.41, 5.74) is 15.4. The van der Waals surface area contributed by atoms with Crippen LogP contribution < -0.4 is 25.5 Å². The van der Waals surface area contributed by atoms with Crippen molar-refractivity contribution in [1.29, 1.82) is 0 Å². The Morgan fingerprint density at radius 2 is 1.17 bits per heavy atom. The summed E-state index contributed by atoms with van der Waals surface area (Å²) in [5.74, 6) is 0. The van der Waals surface area contributed by atoms with Crippen molar-refractivity contribution < 1.29 is 0 Å². The Hall–Kier alpha value is -5.06. The highest BCUT2D eigenvalue weighted by Crippen LogP contribution is 2.49. The van der Waals surface area contributed by atoms with E-state index >= 15 is 0 Å².